The minimum Gasteiger partial charge on any atom is -0.493 e. The van der Waals surface area contributed by atoms with Crippen molar-refractivity contribution in [3.8, 4) is 11.5 Å². The van der Waals surface area contributed by atoms with Crippen molar-refractivity contribution in [1.29, 1.82) is 0 Å². The molecule has 0 spiro atoms. The molecule has 0 unspecified atom stereocenters. The first kappa shape index (κ1) is 12.1. The summed E-state index contributed by atoms with van der Waals surface area (Å²) in [5.41, 5.74) is 1.60. The zero-order valence-electron chi connectivity index (χ0n) is 9.13. The van der Waals surface area contributed by atoms with Gasteiger partial charge in [-0.3, -0.25) is 0 Å². The standard InChI is InChI=1S/C11H15ClO3/c1-4-7-8(6-13)9(12)5-10(14-2)11(7)15-3/h5,13H,4,6H2,1-3H3. The normalized spacial score (nSPS) is 10.2. The number of aliphatic hydroxyl groups excluding tert-OH is 1. The Morgan fingerprint density at radius 3 is 2.33 bits per heavy atom. The molecule has 84 valence electrons. The summed E-state index contributed by atoms with van der Waals surface area (Å²) >= 11 is 6.03. The molecule has 0 atom stereocenters. The summed E-state index contributed by atoms with van der Waals surface area (Å²) in [4.78, 5) is 0. The number of hydrogen-bond donors (Lipinski definition) is 1. The van der Waals surface area contributed by atoms with Gasteiger partial charge in [0.25, 0.3) is 0 Å². The van der Waals surface area contributed by atoms with Gasteiger partial charge in [0, 0.05) is 17.2 Å². The molecule has 0 radical (unpaired) electrons. The van der Waals surface area contributed by atoms with Crippen LogP contribution in [0.5, 0.6) is 11.5 Å². The summed E-state index contributed by atoms with van der Waals surface area (Å²) in [5, 5.41) is 9.74. The Hall–Kier alpha value is -0.930. The minimum atomic E-state index is -0.0949. The van der Waals surface area contributed by atoms with Crippen LogP contribution in [-0.4, -0.2) is 19.3 Å². The van der Waals surface area contributed by atoms with E-state index in [1.54, 1.807) is 20.3 Å². The number of ether oxygens (including phenoxy) is 2. The highest BCUT2D eigenvalue weighted by Gasteiger charge is 2.16. The van der Waals surface area contributed by atoms with Gasteiger partial charge >= 0.3 is 0 Å². The summed E-state index contributed by atoms with van der Waals surface area (Å²) in [6, 6.07) is 1.66. The second-order valence-corrected chi connectivity index (χ2v) is 3.47. The fourth-order valence-corrected chi connectivity index (χ4v) is 1.89. The smallest absolute Gasteiger partial charge is 0.164 e. The maximum Gasteiger partial charge on any atom is 0.164 e. The predicted molar refractivity (Wildman–Crippen MR) is 59.9 cm³/mol. The lowest BCUT2D eigenvalue weighted by molar-refractivity contribution is 0.278. The highest BCUT2D eigenvalue weighted by Crippen LogP contribution is 2.38. The molecule has 0 aromatic heterocycles. The molecule has 3 nitrogen and oxygen atoms in total. The second kappa shape index (κ2) is 5.24. The van der Waals surface area contributed by atoms with E-state index in [1.165, 1.54) is 0 Å². The number of rotatable bonds is 4. The zero-order chi connectivity index (χ0) is 11.4. The van der Waals surface area contributed by atoms with Crippen molar-refractivity contribution in [3.05, 3.63) is 22.2 Å². The van der Waals surface area contributed by atoms with Crippen molar-refractivity contribution in [1.82, 2.24) is 0 Å². The second-order valence-electron chi connectivity index (χ2n) is 3.06. The van der Waals surface area contributed by atoms with E-state index in [2.05, 4.69) is 0 Å². The average Bonchev–Trinajstić information content (AvgIpc) is 2.27. The number of aliphatic hydroxyl groups is 1. The molecule has 1 aromatic carbocycles. The lowest BCUT2D eigenvalue weighted by Crippen LogP contribution is -2.01. The first-order chi connectivity index (χ1) is 7.19. The number of hydrogen-bond acceptors (Lipinski definition) is 3. The van der Waals surface area contributed by atoms with Crippen LogP contribution in [-0.2, 0) is 13.0 Å². The van der Waals surface area contributed by atoms with E-state index in [4.69, 9.17) is 21.1 Å². The Balaban J connectivity index is 3.44. The van der Waals surface area contributed by atoms with E-state index < -0.39 is 0 Å². The van der Waals surface area contributed by atoms with E-state index in [0.29, 0.717) is 22.1 Å². The van der Waals surface area contributed by atoms with Crippen molar-refractivity contribution in [2.24, 2.45) is 0 Å². The van der Waals surface area contributed by atoms with Crippen LogP contribution in [0.1, 0.15) is 18.1 Å². The third-order valence-electron chi connectivity index (χ3n) is 2.34. The Morgan fingerprint density at radius 1 is 1.27 bits per heavy atom. The van der Waals surface area contributed by atoms with Crippen LogP contribution in [0.15, 0.2) is 6.07 Å². The molecule has 1 rings (SSSR count). The first-order valence-corrected chi connectivity index (χ1v) is 5.10. The third-order valence-corrected chi connectivity index (χ3v) is 2.68. The van der Waals surface area contributed by atoms with Gasteiger partial charge in [-0.25, -0.2) is 0 Å². The van der Waals surface area contributed by atoms with Crippen molar-refractivity contribution >= 4 is 11.6 Å². The molecule has 1 N–H and O–H groups in total. The van der Waals surface area contributed by atoms with Gasteiger partial charge in [-0.1, -0.05) is 18.5 Å². The lowest BCUT2D eigenvalue weighted by Gasteiger charge is -2.16. The van der Waals surface area contributed by atoms with E-state index in [9.17, 15) is 5.11 Å². The molecule has 0 heterocycles. The SMILES string of the molecule is CCc1c(CO)c(Cl)cc(OC)c1OC. The summed E-state index contributed by atoms with van der Waals surface area (Å²) in [5.74, 6) is 1.24. The fraction of sp³-hybridized carbons (Fsp3) is 0.455. The summed E-state index contributed by atoms with van der Waals surface area (Å²) < 4.78 is 10.4. The average molecular weight is 231 g/mol. The quantitative estimate of drug-likeness (QED) is 0.864. The highest BCUT2D eigenvalue weighted by atomic mass is 35.5. The molecule has 4 heteroatoms. The molecule has 0 saturated carbocycles. The van der Waals surface area contributed by atoms with E-state index >= 15 is 0 Å². The van der Waals surface area contributed by atoms with Gasteiger partial charge in [-0.2, -0.15) is 0 Å². The van der Waals surface area contributed by atoms with Gasteiger partial charge in [0.2, 0.25) is 0 Å². The summed E-state index contributed by atoms with van der Waals surface area (Å²) in [7, 11) is 3.14. The Labute approximate surface area is 94.6 Å². The molecule has 0 aliphatic carbocycles. The van der Waals surface area contributed by atoms with E-state index in [0.717, 1.165) is 12.0 Å². The maximum atomic E-state index is 9.23. The highest BCUT2D eigenvalue weighted by molar-refractivity contribution is 6.31. The van der Waals surface area contributed by atoms with Crippen LogP contribution in [0.25, 0.3) is 0 Å². The van der Waals surface area contributed by atoms with Crippen molar-refractivity contribution in [2.75, 3.05) is 14.2 Å². The number of benzene rings is 1. The Morgan fingerprint density at radius 2 is 1.93 bits per heavy atom. The molecule has 0 saturated heterocycles. The molecule has 0 aliphatic heterocycles. The number of methoxy groups -OCH3 is 2. The molecule has 0 amide bonds. The maximum absolute atomic E-state index is 9.23. The minimum absolute atomic E-state index is 0.0949. The molecule has 15 heavy (non-hydrogen) atoms. The molecular formula is C11H15ClO3. The Bertz CT molecular complexity index is 350. The van der Waals surface area contributed by atoms with E-state index in [1.807, 2.05) is 6.92 Å². The van der Waals surface area contributed by atoms with Gasteiger partial charge < -0.3 is 14.6 Å². The van der Waals surface area contributed by atoms with Crippen molar-refractivity contribution in [3.63, 3.8) is 0 Å². The summed E-state index contributed by atoms with van der Waals surface area (Å²) in [6.45, 7) is 1.88. The molecule has 0 bridgehead atoms. The first-order valence-electron chi connectivity index (χ1n) is 4.72. The predicted octanol–water partition coefficient (Wildman–Crippen LogP) is 2.41. The van der Waals surface area contributed by atoms with Crippen LogP contribution in [0, 0.1) is 0 Å². The van der Waals surface area contributed by atoms with Gasteiger partial charge in [0.15, 0.2) is 11.5 Å². The molecule has 0 aliphatic rings. The monoisotopic (exact) mass is 230 g/mol. The topological polar surface area (TPSA) is 38.7 Å². The fourth-order valence-electron chi connectivity index (χ4n) is 1.62. The largest absolute Gasteiger partial charge is 0.493 e. The van der Waals surface area contributed by atoms with Crippen molar-refractivity contribution < 1.29 is 14.6 Å². The third kappa shape index (κ3) is 2.19. The van der Waals surface area contributed by atoms with E-state index in [-0.39, 0.29) is 6.61 Å². The van der Waals surface area contributed by atoms with Crippen LogP contribution in [0.3, 0.4) is 0 Å². The van der Waals surface area contributed by atoms with Crippen LogP contribution < -0.4 is 9.47 Å². The zero-order valence-corrected chi connectivity index (χ0v) is 9.89. The Kier molecular flexibility index (Phi) is 4.24. The van der Waals surface area contributed by atoms with Gasteiger partial charge in [0.05, 0.1) is 25.8 Å². The molecular weight excluding hydrogens is 216 g/mol. The van der Waals surface area contributed by atoms with Crippen LogP contribution in [0.4, 0.5) is 0 Å². The number of halogens is 1. The van der Waals surface area contributed by atoms with Crippen LogP contribution in [0.2, 0.25) is 5.02 Å². The lowest BCUT2D eigenvalue weighted by atomic mass is 10.0. The van der Waals surface area contributed by atoms with Gasteiger partial charge in [-0.15, -0.1) is 0 Å². The molecule has 0 fully saturated rings. The van der Waals surface area contributed by atoms with Crippen LogP contribution >= 0.6 is 11.6 Å². The van der Waals surface area contributed by atoms with Gasteiger partial charge in [0.1, 0.15) is 0 Å². The summed E-state index contributed by atoms with van der Waals surface area (Å²) in [6.07, 6.45) is 0.732. The molecule has 1 aromatic rings. The van der Waals surface area contributed by atoms with Crippen molar-refractivity contribution in [2.45, 2.75) is 20.0 Å². The van der Waals surface area contributed by atoms with Gasteiger partial charge in [-0.05, 0) is 6.42 Å².